The van der Waals surface area contributed by atoms with Crippen LogP contribution in [0.5, 0.6) is 5.75 Å². The van der Waals surface area contributed by atoms with Gasteiger partial charge in [0.2, 0.25) is 5.60 Å². The quantitative estimate of drug-likeness (QED) is 0.412. The number of likely N-dealkylation sites (N-methyl/N-ethyl adjacent to an activating group) is 1. The molecule has 10 heteroatoms. The molecule has 0 radical (unpaired) electrons. The Kier molecular flexibility index (Phi) is 5.68. The van der Waals surface area contributed by atoms with Gasteiger partial charge in [-0.05, 0) is 49.7 Å². The van der Waals surface area contributed by atoms with E-state index >= 15 is 0 Å². The van der Waals surface area contributed by atoms with E-state index in [1.807, 2.05) is 14.0 Å². The molecule has 3 aliphatic rings. The van der Waals surface area contributed by atoms with Crippen molar-refractivity contribution in [1.29, 1.82) is 0 Å². The lowest BCUT2D eigenvalue weighted by Gasteiger charge is -2.38. The molecule has 1 saturated heterocycles. The zero-order valence-electron chi connectivity index (χ0n) is 21.7. The monoisotopic (exact) mass is 518 g/mol. The van der Waals surface area contributed by atoms with E-state index in [2.05, 4.69) is 4.90 Å². The average molecular weight is 519 g/mol. The largest absolute Gasteiger partial charge is 0.508 e. The molecule has 38 heavy (non-hydrogen) atoms. The first-order valence-corrected chi connectivity index (χ1v) is 13.0. The molecule has 198 valence electrons. The molecule has 1 unspecified atom stereocenters. The van der Waals surface area contributed by atoms with E-state index in [-0.39, 0.29) is 24.3 Å². The first-order valence-electron chi connectivity index (χ1n) is 13.0. The molecule has 3 aliphatic heterocycles. The van der Waals surface area contributed by atoms with Crippen molar-refractivity contribution in [3.8, 4) is 17.1 Å². The number of hydrogen-bond donors (Lipinski definition) is 1. The standard InChI is InChI=1S/C28H30N4O6/c1-4-17-18-12-16(33)6-7-22(18)29-24-19(17)14-32-23(24)13-21-20(25(32)34)15-37-26(35)28(21,5-2)38-27(36)31-10-8-30(3)9-11-31/h6-7,12-13,33H,4-5,8-11,14-15H2,1-3H3. The maximum Gasteiger partial charge on any atom is 0.411 e. The predicted molar refractivity (Wildman–Crippen MR) is 139 cm³/mol. The van der Waals surface area contributed by atoms with Gasteiger partial charge in [-0.15, -0.1) is 0 Å². The molecule has 1 N–H and O–H groups in total. The second-order valence-corrected chi connectivity index (χ2v) is 10.2. The minimum Gasteiger partial charge on any atom is -0.508 e. The summed E-state index contributed by atoms with van der Waals surface area (Å²) in [7, 11) is 1.99. The third kappa shape index (κ3) is 3.50. The topological polar surface area (TPSA) is 114 Å². The number of rotatable bonds is 3. The van der Waals surface area contributed by atoms with E-state index in [1.165, 1.54) is 0 Å². The van der Waals surface area contributed by atoms with Crippen molar-refractivity contribution < 1.29 is 24.2 Å². The highest BCUT2D eigenvalue weighted by atomic mass is 16.6. The average Bonchev–Trinajstić information content (AvgIpc) is 3.28. The van der Waals surface area contributed by atoms with Crippen molar-refractivity contribution in [1.82, 2.24) is 19.4 Å². The number of piperazine rings is 1. The molecule has 5 heterocycles. The maximum absolute atomic E-state index is 13.8. The number of benzene rings is 1. The van der Waals surface area contributed by atoms with Crippen LogP contribution in [0, 0.1) is 0 Å². The number of carbonyl (C=O) groups is 2. The minimum atomic E-state index is -1.72. The third-order valence-corrected chi connectivity index (χ3v) is 8.13. The number of pyridine rings is 2. The number of aromatic nitrogens is 2. The molecule has 1 aromatic carbocycles. The van der Waals surface area contributed by atoms with Gasteiger partial charge in [-0.1, -0.05) is 13.8 Å². The number of aromatic hydroxyl groups is 1. The van der Waals surface area contributed by atoms with Crippen LogP contribution in [0.2, 0.25) is 0 Å². The zero-order valence-corrected chi connectivity index (χ0v) is 21.7. The van der Waals surface area contributed by atoms with Crippen molar-refractivity contribution in [3.63, 3.8) is 0 Å². The van der Waals surface area contributed by atoms with Gasteiger partial charge in [0.15, 0.2) is 0 Å². The molecule has 1 amide bonds. The number of phenols is 1. The van der Waals surface area contributed by atoms with Crippen LogP contribution >= 0.6 is 0 Å². The summed E-state index contributed by atoms with van der Waals surface area (Å²) in [6.07, 6.45) is 0.220. The lowest BCUT2D eigenvalue weighted by Crippen LogP contribution is -2.52. The number of phenolic OH excluding ortho intramolecular Hbond substituents is 1. The maximum atomic E-state index is 13.8. The second-order valence-electron chi connectivity index (χ2n) is 10.2. The van der Waals surface area contributed by atoms with Gasteiger partial charge < -0.3 is 28.9 Å². The number of aryl methyl sites for hydroxylation is 1. The number of ether oxygens (including phenoxy) is 2. The molecule has 2 aromatic heterocycles. The Morgan fingerprint density at radius 2 is 1.89 bits per heavy atom. The van der Waals surface area contributed by atoms with E-state index in [0.717, 1.165) is 16.5 Å². The third-order valence-electron chi connectivity index (χ3n) is 8.13. The summed E-state index contributed by atoms with van der Waals surface area (Å²) in [6.45, 7) is 6.32. The van der Waals surface area contributed by atoms with Crippen molar-refractivity contribution >= 4 is 23.0 Å². The summed E-state index contributed by atoms with van der Waals surface area (Å²) in [5, 5.41) is 10.9. The number of fused-ring (bicyclic) bond motifs is 5. The summed E-state index contributed by atoms with van der Waals surface area (Å²) in [5.74, 6) is -0.517. The fourth-order valence-electron chi connectivity index (χ4n) is 5.91. The first kappa shape index (κ1) is 24.4. The van der Waals surface area contributed by atoms with Gasteiger partial charge in [-0.3, -0.25) is 4.79 Å². The predicted octanol–water partition coefficient (Wildman–Crippen LogP) is 2.74. The number of carbonyl (C=O) groups excluding carboxylic acids is 2. The molecule has 1 atom stereocenters. The first-order chi connectivity index (χ1) is 18.3. The Morgan fingerprint density at radius 3 is 2.61 bits per heavy atom. The van der Waals surface area contributed by atoms with Gasteiger partial charge in [-0.25, -0.2) is 14.6 Å². The lowest BCUT2D eigenvalue weighted by atomic mass is 9.85. The Labute approximate surface area is 219 Å². The highest BCUT2D eigenvalue weighted by Crippen LogP contribution is 2.42. The van der Waals surface area contributed by atoms with Crippen LogP contribution < -0.4 is 5.56 Å². The van der Waals surface area contributed by atoms with Crippen LogP contribution in [0.3, 0.4) is 0 Å². The fraction of sp³-hybridized carbons (Fsp3) is 0.429. The van der Waals surface area contributed by atoms with Crippen LogP contribution in [0.25, 0.3) is 22.3 Å². The van der Waals surface area contributed by atoms with Crippen LogP contribution in [0.4, 0.5) is 4.79 Å². The van der Waals surface area contributed by atoms with Gasteiger partial charge in [-0.2, -0.15) is 0 Å². The molecule has 3 aromatic rings. The number of amides is 1. The van der Waals surface area contributed by atoms with Gasteiger partial charge in [0.05, 0.1) is 29.0 Å². The summed E-state index contributed by atoms with van der Waals surface area (Å²) >= 11 is 0. The molecule has 0 aliphatic carbocycles. The molecule has 0 saturated carbocycles. The second kappa shape index (κ2) is 8.83. The van der Waals surface area contributed by atoms with Crippen molar-refractivity contribution in [2.45, 2.75) is 45.4 Å². The van der Waals surface area contributed by atoms with Crippen LogP contribution in [0.1, 0.15) is 42.5 Å². The zero-order chi connectivity index (χ0) is 26.8. The van der Waals surface area contributed by atoms with Crippen molar-refractivity contribution in [3.05, 3.63) is 56.9 Å². The lowest BCUT2D eigenvalue weighted by molar-refractivity contribution is -0.173. The van der Waals surface area contributed by atoms with Gasteiger partial charge in [0.1, 0.15) is 12.4 Å². The molecule has 0 spiro atoms. The van der Waals surface area contributed by atoms with Gasteiger partial charge in [0, 0.05) is 42.7 Å². The summed E-state index contributed by atoms with van der Waals surface area (Å²) in [6, 6.07) is 6.83. The van der Waals surface area contributed by atoms with E-state index in [1.54, 1.807) is 40.7 Å². The van der Waals surface area contributed by atoms with E-state index < -0.39 is 17.7 Å². The Bertz CT molecular complexity index is 1560. The van der Waals surface area contributed by atoms with E-state index in [0.29, 0.717) is 67.2 Å². The highest BCUT2D eigenvalue weighted by Gasteiger charge is 2.51. The van der Waals surface area contributed by atoms with E-state index in [4.69, 9.17) is 14.5 Å². The Balaban J connectivity index is 1.50. The summed E-state index contributed by atoms with van der Waals surface area (Å²) < 4.78 is 13.1. The highest BCUT2D eigenvalue weighted by molar-refractivity contribution is 5.90. The van der Waals surface area contributed by atoms with Crippen LogP contribution in [0.15, 0.2) is 29.1 Å². The number of esters is 1. The van der Waals surface area contributed by atoms with Crippen LogP contribution in [-0.4, -0.2) is 69.7 Å². The number of cyclic esters (lactones) is 1. The Morgan fingerprint density at radius 1 is 1.13 bits per heavy atom. The summed E-state index contributed by atoms with van der Waals surface area (Å²) in [4.78, 5) is 48.9. The fourth-order valence-corrected chi connectivity index (χ4v) is 5.91. The Hall–Kier alpha value is -3.92. The molecular weight excluding hydrogens is 488 g/mol. The SMILES string of the molecule is CCc1c2c(nc3ccc(O)cc13)-c1cc3c(c(=O)n1C2)COC(=O)C3(CC)OC(=O)N1CCN(C)CC1. The van der Waals surface area contributed by atoms with Crippen LogP contribution in [-0.2, 0) is 39.4 Å². The summed E-state index contributed by atoms with van der Waals surface area (Å²) in [5.41, 5.74) is 2.55. The minimum absolute atomic E-state index is 0.124. The molecule has 10 nitrogen and oxygen atoms in total. The molecule has 6 rings (SSSR count). The molecule has 0 bridgehead atoms. The van der Waals surface area contributed by atoms with Gasteiger partial charge >= 0.3 is 12.1 Å². The smallest absolute Gasteiger partial charge is 0.411 e. The van der Waals surface area contributed by atoms with Crippen molar-refractivity contribution in [2.75, 3.05) is 33.2 Å². The van der Waals surface area contributed by atoms with Crippen molar-refractivity contribution in [2.24, 2.45) is 0 Å². The number of hydrogen-bond acceptors (Lipinski definition) is 8. The normalized spacial score (nSPS) is 20.6. The molecule has 1 fully saturated rings. The van der Waals surface area contributed by atoms with E-state index in [9.17, 15) is 19.5 Å². The number of nitrogens with zero attached hydrogens (tertiary/aromatic N) is 4. The molecular formula is C28H30N4O6. The van der Waals surface area contributed by atoms with Gasteiger partial charge in [0.25, 0.3) is 5.56 Å².